The van der Waals surface area contributed by atoms with Crippen molar-refractivity contribution < 1.29 is 9.53 Å². The third kappa shape index (κ3) is 5.08. The summed E-state index contributed by atoms with van der Waals surface area (Å²) < 4.78 is 6.66. The van der Waals surface area contributed by atoms with E-state index in [-0.39, 0.29) is 22.7 Å². The number of hydrogen-bond acceptors (Lipinski definition) is 2. The number of ether oxygens (including phenoxy) is 1. The van der Waals surface area contributed by atoms with Gasteiger partial charge >= 0.3 is 5.97 Å². The maximum atomic E-state index is 12.8. The van der Waals surface area contributed by atoms with E-state index in [1.165, 1.54) is 6.42 Å². The standard InChI is InChI=1S/C21H31BrO2/c1-20(2,3)15-11-14(12-16(13-15)21(4,5)6)19(23)24-18-9-7-17(22)8-10-18/h7-10,14-16H,11-13H2,1-6H3/t14?,15-,16+. The van der Waals surface area contributed by atoms with Crippen LogP contribution >= 0.6 is 15.9 Å². The summed E-state index contributed by atoms with van der Waals surface area (Å²) in [5.41, 5.74) is 0.445. The lowest BCUT2D eigenvalue weighted by Crippen LogP contribution is -2.39. The Balaban J connectivity index is 2.14. The molecule has 2 rings (SSSR count). The molecule has 3 heteroatoms. The molecule has 0 amide bonds. The zero-order valence-electron chi connectivity index (χ0n) is 15.9. The van der Waals surface area contributed by atoms with Gasteiger partial charge in [0, 0.05) is 4.47 Å². The molecular formula is C21H31BrO2. The molecule has 134 valence electrons. The van der Waals surface area contributed by atoms with E-state index in [1.807, 2.05) is 24.3 Å². The zero-order chi connectivity index (χ0) is 18.1. The molecule has 1 fully saturated rings. The number of rotatable bonds is 2. The Morgan fingerprint density at radius 2 is 1.38 bits per heavy atom. The molecule has 1 aliphatic carbocycles. The molecule has 1 unspecified atom stereocenters. The SMILES string of the molecule is CC(C)(C)[C@@H]1CC(C(=O)Oc2ccc(Br)cc2)C[C@H](C(C)(C)C)C1. The molecule has 0 N–H and O–H groups in total. The molecule has 24 heavy (non-hydrogen) atoms. The van der Waals surface area contributed by atoms with Crippen LogP contribution in [0.15, 0.2) is 28.7 Å². The lowest BCUT2D eigenvalue weighted by Gasteiger charge is -2.45. The third-order valence-corrected chi connectivity index (χ3v) is 6.05. The topological polar surface area (TPSA) is 26.3 Å². The molecular weight excluding hydrogens is 364 g/mol. The van der Waals surface area contributed by atoms with Gasteiger partial charge in [-0.2, -0.15) is 0 Å². The van der Waals surface area contributed by atoms with Crippen molar-refractivity contribution >= 4 is 21.9 Å². The smallest absolute Gasteiger partial charge is 0.314 e. The van der Waals surface area contributed by atoms with Crippen LogP contribution in [0.1, 0.15) is 60.8 Å². The van der Waals surface area contributed by atoms with E-state index in [0.29, 0.717) is 17.6 Å². The molecule has 0 aliphatic heterocycles. The highest BCUT2D eigenvalue weighted by molar-refractivity contribution is 9.10. The highest BCUT2D eigenvalue weighted by atomic mass is 79.9. The van der Waals surface area contributed by atoms with Crippen LogP contribution in [0.2, 0.25) is 0 Å². The van der Waals surface area contributed by atoms with Gasteiger partial charge in [-0.05, 0) is 66.2 Å². The van der Waals surface area contributed by atoms with E-state index in [4.69, 9.17) is 4.74 Å². The minimum Gasteiger partial charge on any atom is -0.426 e. The Hall–Kier alpha value is -0.830. The minimum absolute atomic E-state index is 0.00385. The van der Waals surface area contributed by atoms with Crippen molar-refractivity contribution in [3.63, 3.8) is 0 Å². The zero-order valence-corrected chi connectivity index (χ0v) is 17.4. The van der Waals surface area contributed by atoms with Crippen LogP contribution in [0.3, 0.4) is 0 Å². The molecule has 0 radical (unpaired) electrons. The first-order valence-corrected chi connectivity index (χ1v) is 9.73. The van der Waals surface area contributed by atoms with Gasteiger partial charge in [0.1, 0.15) is 5.75 Å². The average molecular weight is 395 g/mol. The Morgan fingerprint density at radius 3 is 1.79 bits per heavy atom. The van der Waals surface area contributed by atoms with E-state index in [1.54, 1.807) is 0 Å². The van der Waals surface area contributed by atoms with Gasteiger partial charge in [0.2, 0.25) is 0 Å². The Bertz CT molecular complexity index is 541. The monoisotopic (exact) mass is 394 g/mol. The molecule has 1 aliphatic rings. The molecule has 2 nitrogen and oxygen atoms in total. The average Bonchev–Trinajstić information content (AvgIpc) is 2.47. The molecule has 0 heterocycles. The van der Waals surface area contributed by atoms with Crippen molar-refractivity contribution in [2.24, 2.45) is 28.6 Å². The fourth-order valence-corrected chi connectivity index (χ4v) is 3.89. The first-order chi connectivity index (χ1) is 11.0. The summed E-state index contributed by atoms with van der Waals surface area (Å²) in [7, 11) is 0. The quantitative estimate of drug-likeness (QED) is 0.423. The van der Waals surface area contributed by atoms with Gasteiger partial charge in [-0.1, -0.05) is 57.5 Å². The summed E-state index contributed by atoms with van der Waals surface area (Å²) in [6.07, 6.45) is 3.08. The maximum Gasteiger partial charge on any atom is 0.314 e. The largest absolute Gasteiger partial charge is 0.426 e. The summed E-state index contributed by atoms with van der Waals surface area (Å²) in [4.78, 5) is 12.8. The van der Waals surface area contributed by atoms with Crippen molar-refractivity contribution in [1.29, 1.82) is 0 Å². The maximum absolute atomic E-state index is 12.8. The third-order valence-electron chi connectivity index (χ3n) is 5.52. The Labute approximate surface area is 155 Å². The van der Waals surface area contributed by atoms with Crippen molar-refractivity contribution in [1.82, 2.24) is 0 Å². The molecule has 0 saturated heterocycles. The lowest BCUT2D eigenvalue weighted by atomic mass is 9.60. The minimum atomic E-state index is -0.0690. The van der Waals surface area contributed by atoms with E-state index in [0.717, 1.165) is 17.3 Å². The van der Waals surface area contributed by atoms with Crippen LogP contribution in [0, 0.1) is 28.6 Å². The predicted octanol–water partition coefficient (Wildman–Crippen LogP) is 6.48. The van der Waals surface area contributed by atoms with E-state index in [2.05, 4.69) is 57.5 Å². The summed E-state index contributed by atoms with van der Waals surface area (Å²) in [6, 6.07) is 7.49. The Kier molecular flexibility index (Phi) is 5.84. The molecule has 0 spiro atoms. The fraction of sp³-hybridized carbons (Fsp3) is 0.667. The first-order valence-electron chi connectivity index (χ1n) is 8.94. The molecule has 0 aromatic heterocycles. The molecule has 1 saturated carbocycles. The van der Waals surface area contributed by atoms with Crippen LogP contribution in [0.4, 0.5) is 0 Å². The second-order valence-corrected chi connectivity index (χ2v) is 10.3. The van der Waals surface area contributed by atoms with E-state index in [9.17, 15) is 4.79 Å². The summed E-state index contributed by atoms with van der Waals surface area (Å²) in [5.74, 6) is 1.67. The number of halogens is 1. The fourth-order valence-electron chi connectivity index (χ4n) is 3.63. The Morgan fingerprint density at radius 1 is 0.917 bits per heavy atom. The molecule has 1 aromatic rings. The second-order valence-electron chi connectivity index (χ2n) is 9.40. The van der Waals surface area contributed by atoms with Crippen molar-refractivity contribution in [3.8, 4) is 5.75 Å². The van der Waals surface area contributed by atoms with Gasteiger partial charge < -0.3 is 4.74 Å². The molecule has 0 bridgehead atoms. The highest BCUT2D eigenvalue weighted by Crippen LogP contribution is 2.48. The van der Waals surface area contributed by atoms with Gasteiger partial charge in [-0.25, -0.2) is 0 Å². The van der Waals surface area contributed by atoms with Crippen molar-refractivity contribution in [2.45, 2.75) is 60.8 Å². The normalized spacial score (nSPS) is 25.4. The molecule has 3 atom stereocenters. The van der Waals surface area contributed by atoms with Crippen LogP contribution in [0.25, 0.3) is 0 Å². The van der Waals surface area contributed by atoms with E-state index < -0.39 is 0 Å². The highest BCUT2D eigenvalue weighted by Gasteiger charge is 2.42. The van der Waals surface area contributed by atoms with Gasteiger partial charge in [0.15, 0.2) is 0 Å². The van der Waals surface area contributed by atoms with Crippen LogP contribution in [0.5, 0.6) is 5.75 Å². The lowest BCUT2D eigenvalue weighted by molar-refractivity contribution is -0.142. The molecule has 1 aromatic carbocycles. The number of carbonyl (C=O) groups excluding carboxylic acids is 1. The second kappa shape index (κ2) is 7.19. The van der Waals surface area contributed by atoms with E-state index >= 15 is 0 Å². The summed E-state index contributed by atoms with van der Waals surface area (Å²) >= 11 is 3.41. The van der Waals surface area contributed by atoms with Crippen molar-refractivity contribution in [2.75, 3.05) is 0 Å². The number of esters is 1. The van der Waals surface area contributed by atoms with Gasteiger partial charge in [0.25, 0.3) is 0 Å². The summed E-state index contributed by atoms with van der Waals surface area (Å²) in [5, 5.41) is 0. The first kappa shape index (κ1) is 19.5. The predicted molar refractivity (Wildman–Crippen MR) is 103 cm³/mol. The van der Waals surface area contributed by atoms with Crippen LogP contribution in [-0.4, -0.2) is 5.97 Å². The van der Waals surface area contributed by atoms with Crippen molar-refractivity contribution in [3.05, 3.63) is 28.7 Å². The number of carbonyl (C=O) groups is 1. The number of benzene rings is 1. The van der Waals surface area contributed by atoms with Crippen LogP contribution < -0.4 is 4.74 Å². The van der Waals surface area contributed by atoms with Gasteiger partial charge in [0.05, 0.1) is 5.92 Å². The summed E-state index contributed by atoms with van der Waals surface area (Å²) in [6.45, 7) is 13.7. The van der Waals surface area contributed by atoms with Gasteiger partial charge in [-0.3, -0.25) is 4.79 Å². The van der Waals surface area contributed by atoms with Crippen LogP contribution in [-0.2, 0) is 4.79 Å². The number of hydrogen-bond donors (Lipinski definition) is 0. The van der Waals surface area contributed by atoms with Gasteiger partial charge in [-0.15, -0.1) is 0 Å².